The molecule has 1 atom stereocenters. The molecule has 1 aromatic carbocycles. The van der Waals surface area contributed by atoms with Gasteiger partial charge in [0, 0.05) is 11.6 Å². The molecule has 0 fully saturated rings. The molecule has 5 heteroatoms. The molecule has 17 heavy (non-hydrogen) atoms. The molecule has 0 amide bonds. The molecule has 0 aromatic heterocycles. The van der Waals surface area contributed by atoms with Crippen molar-refractivity contribution >= 4 is 46.3 Å². The summed E-state index contributed by atoms with van der Waals surface area (Å²) in [6.45, 7) is 2.15. The fourth-order valence-corrected chi connectivity index (χ4v) is 2.37. The van der Waals surface area contributed by atoms with Crippen molar-refractivity contribution in [3.05, 3.63) is 28.8 Å². The van der Waals surface area contributed by atoms with Gasteiger partial charge in [0.1, 0.15) is 4.99 Å². The van der Waals surface area contributed by atoms with Crippen molar-refractivity contribution < 1.29 is 0 Å². The Hall–Kier alpha value is -0.450. The van der Waals surface area contributed by atoms with E-state index in [9.17, 15) is 0 Å². The maximum atomic E-state index is 6.17. The third kappa shape index (κ3) is 4.74. The standard InChI is InChI=1S/C12H17ClN2S2/c1-8(5-6-17-2)15-11-4-3-9(12(14)16)7-10(11)13/h3-4,7-8,15H,5-6H2,1-2H3,(H2,14,16). The van der Waals surface area contributed by atoms with Crippen molar-refractivity contribution in [1.82, 2.24) is 0 Å². The minimum Gasteiger partial charge on any atom is -0.389 e. The number of halogens is 1. The number of nitrogens with two attached hydrogens (primary N) is 1. The second-order valence-electron chi connectivity index (χ2n) is 3.89. The average molecular weight is 289 g/mol. The highest BCUT2D eigenvalue weighted by atomic mass is 35.5. The summed E-state index contributed by atoms with van der Waals surface area (Å²) >= 11 is 12.9. The van der Waals surface area contributed by atoms with E-state index in [1.54, 1.807) is 6.07 Å². The Morgan fingerprint density at radius 3 is 2.82 bits per heavy atom. The van der Waals surface area contributed by atoms with Crippen molar-refractivity contribution in [1.29, 1.82) is 0 Å². The minimum absolute atomic E-state index is 0.369. The number of rotatable bonds is 6. The molecule has 1 rings (SSSR count). The van der Waals surface area contributed by atoms with Gasteiger partial charge in [-0.3, -0.25) is 0 Å². The van der Waals surface area contributed by atoms with Crippen LogP contribution in [0.2, 0.25) is 5.02 Å². The van der Waals surface area contributed by atoms with E-state index >= 15 is 0 Å². The Morgan fingerprint density at radius 1 is 1.59 bits per heavy atom. The highest BCUT2D eigenvalue weighted by Gasteiger charge is 2.06. The summed E-state index contributed by atoms with van der Waals surface area (Å²) in [5, 5.41) is 4.04. The molecule has 2 nitrogen and oxygen atoms in total. The first-order valence-corrected chi connectivity index (χ1v) is 7.57. The van der Waals surface area contributed by atoms with E-state index in [0.29, 0.717) is 16.1 Å². The number of thiocarbonyl (C=S) groups is 1. The lowest BCUT2D eigenvalue weighted by Crippen LogP contribution is -2.16. The third-order valence-corrected chi connectivity index (χ3v) is 3.60. The zero-order valence-corrected chi connectivity index (χ0v) is 12.4. The van der Waals surface area contributed by atoms with Gasteiger partial charge in [-0.05, 0) is 43.6 Å². The predicted molar refractivity (Wildman–Crippen MR) is 83.4 cm³/mol. The smallest absolute Gasteiger partial charge is 0.104 e. The minimum atomic E-state index is 0.369. The zero-order chi connectivity index (χ0) is 12.8. The summed E-state index contributed by atoms with van der Waals surface area (Å²) in [5.41, 5.74) is 7.28. The van der Waals surface area contributed by atoms with Crippen molar-refractivity contribution in [2.75, 3.05) is 17.3 Å². The van der Waals surface area contributed by atoms with Gasteiger partial charge in [0.2, 0.25) is 0 Å². The van der Waals surface area contributed by atoms with Gasteiger partial charge in [0.05, 0.1) is 10.7 Å². The van der Waals surface area contributed by atoms with Gasteiger partial charge in [-0.1, -0.05) is 23.8 Å². The van der Waals surface area contributed by atoms with Crippen LogP contribution >= 0.6 is 35.6 Å². The van der Waals surface area contributed by atoms with E-state index in [4.69, 9.17) is 29.6 Å². The van der Waals surface area contributed by atoms with E-state index in [-0.39, 0.29) is 0 Å². The molecule has 0 spiro atoms. The maximum absolute atomic E-state index is 6.17. The molecular weight excluding hydrogens is 272 g/mol. The molecule has 1 unspecified atom stereocenters. The highest BCUT2D eigenvalue weighted by molar-refractivity contribution is 7.98. The van der Waals surface area contributed by atoms with Crippen LogP contribution in [-0.4, -0.2) is 23.0 Å². The van der Waals surface area contributed by atoms with Crippen molar-refractivity contribution in [2.45, 2.75) is 19.4 Å². The number of anilines is 1. The van der Waals surface area contributed by atoms with Crippen LogP contribution in [0.25, 0.3) is 0 Å². The maximum Gasteiger partial charge on any atom is 0.104 e. The van der Waals surface area contributed by atoms with Gasteiger partial charge in [-0.15, -0.1) is 0 Å². The lowest BCUT2D eigenvalue weighted by molar-refractivity contribution is 0.772. The summed E-state index contributed by atoms with van der Waals surface area (Å²) < 4.78 is 0. The van der Waals surface area contributed by atoms with E-state index in [1.165, 1.54) is 0 Å². The highest BCUT2D eigenvalue weighted by Crippen LogP contribution is 2.24. The molecule has 1 aromatic rings. The number of hydrogen-bond acceptors (Lipinski definition) is 3. The Labute approximate surface area is 117 Å². The van der Waals surface area contributed by atoms with Gasteiger partial charge in [-0.2, -0.15) is 11.8 Å². The van der Waals surface area contributed by atoms with Crippen LogP contribution in [0.5, 0.6) is 0 Å². The quantitative estimate of drug-likeness (QED) is 0.786. The van der Waals surface area contributed by atoms with Crippen LogP contribution in [0, 0.1) is 0 Å². The number of thioether (sulfide) groups is 1. The molecule has 0 bridgehead atoms. The number of benzene rings is 1. The summed E-state index contributed by atoms with van der Waals surface area (Å²) in [7, 11) is 0. The normalized spacial score (nSPS) is 12.2. The van der Waals surface area contributed by atoms with E-state index in [0.717, 1.165) is 23.4 Å². The first kappa shape index (κ1) is 14.6. The topological polar surface area (TPSA) is 38.0 Å². The fourth-order valence-electron chi connectivity index (χ4n) is 1.42. The SMILES string of the molecule is CSCCC(C)Nc1ccc(C(N)=S)cc1Cl. The summed E-state index contributed by atoms with van der Waals surface area (Å²) in [6.07, 6.45) is 3.21. The molecule has 0 aliphatic carbocycles. The third-order valence-electron chi connectivity index (χ3n) is 2.41. The molecule has 94 valence electrons. The number of hydrogen-bond donors (Lipinski definition) is 2. The van der Waals surface area contributed by atoms with Crippen molar-refractivity contribution in [3.63, 3.8) is 0 Å². The fraction of sp³-hybridized carbons (Fsp3) is 0.417. The predicted octanol–water partition coefficient (Wildman–Crippen LogP) is 3.53. The Bertz CT molecular complexity index is 396. The van der Waals surface area contributed by atoms with Crippen LogP contribution in [0.4, 0.5) is 5.69 Å². The zero-order valence-electron chi connectivity index (χ0n) is 10.00. The van der Waals surface area contributed by atoms with Gasteiger partial charge in [0.25, 0.3) is 0 Å². The molecule has 0 aliphatic heterocycles. The van der Waals surface area contributed by atoms with Gasteiger partial charge >= 0.3 is 0 Å². The van der Waals surface area contributed by atoms with Crippen LogP contribution in [-0.2, 0) is 0 Å². The molecular formula is C12H17ClN2S2. The summed E-state index contributed by atoms with van der Waals surface area (Å²) in [4.78, 5) is 0.369. The number of nitrogens with one attached hydrogen (secondary N) is 1. The lowest BCUT2D eigenvalue weighted by atomic mass is 10.2. The molecule has 0 saturated heterocycles. The van der Waals surface area contributed by atoms with Gasteiger partial charge in [-0.25, -0.2) is 0 Å². The van der Waals surface area contributed by atoms with Gasteiger partial charge in [0.15, 0.2) is 0 Å². The largest absolute Gasteiger partial charge is 0.389 e. The van der Waals surface area contributed by atoms with Crippen molar-refractivity contribution in [3.8, 4) is 0 Å². The second-order valence-corrected chi connectivity index (χ2v) is 5.72. The first-order valence-electron chi connectivity index (χ1n) is 5.39. The second kappa shape index (κ2) is 7.09. The molecule has 0 heterocycles. The Morgan fingerprint density at radius 2 is 2.29 bits per heavy atom. The van der Waals surface area contributed by atoms with E-state index < -0.39 is 0 Å². The molecule has 0 radical (unpaired) electrons. The van der Waals surface area contributed by atoms with E-state index in [2.05, 4.69) is 18.5 Å². The summed E-state index contributed by atoms with van der Waals surface area (Å²) in [6, 6.07) is 6.01. The van der Waals surface area contributed by atoms with Gasteiger partial charge < -0.3 is 11.1 Å². The summed E-state index contributed by atoms with van der Waals surface area (Å²) in [5.74, 6) is 1.14. The Balaban J connectivity index is 2.69. The Kier molecular flexibility index (Phi) is 6.09. The van der Waals surface area contributed by atoms with Crippen LogP contribution in [0.3, 0.4) is 0 Å². The van der Waals surface area contributed by atoms with Crippen LogP contribution in [0.15, 0.2) is 18.2 Å². The van der Waals surface area contributed by atoms with Crippen LogP contribution in [0.1, 0.15) is 18.9 Å². The van der Waals surface area contributed by atoms with Crippen molar-refractivity contribution in [2.24, 2.45) is 5.73 Å². The first-order chi connectivity index (χ1) is 8.04. The lowest BCUT2D eigenvalue weighted by Gasteiger charge is -2.16. The molecule has 3 N–H and O–H groups in total. The van der Waals surface area contributed by atoms with Crippen LogP contribution < -0.4 is 11.1 Å². The molecule has 0 aliphatic rings. The monoisotopic (exact) mass is 288 g/mol. The molecule has 0 saturated carbocycles. The van der Waals surface area contributed by atoms with E-state index in [1.807, 2.05) is 23.9 Å². The average Bonchev–Trinajstić information content (AvgIpc) is 2.28.